The summed E-state index contributed by atoms with van der Waals surface area (Å²) in [6.45, 7) is 16.1. The van der Waals surface area contributed by atoms with Crippen molar-refractivity contribution in [2.75, 3.05) is 13.1 Å². The molecule has 0 aliphatic rings. The summed E-state index contributed by atoms with van der Waals surface area (Å²) in [5, 5.41) is 0. The molecule has 0 saturated heterocycles. The molecule has 0 spiro atoms. The minimum atomic E-state index is -0.149. The normalized spacial score (nSPS) is 12.0. The summed E-state index contributed by atoms with van der Waals surface area (Å²) < 4.78 is 6.71. The van der Waals surface area contributed by atoms with Gasteiger partial charge in [0.25, 0.3) is 0 Å². The van der Waals surface area contributed by atoms with Gasteiger partial charge in [0.05, 0.1) is 0 Å². The van der Waals surface area contributed by atoms with Crippen LogP contribution in [0.2, 0.25) is 0 Å². The van der Waals surface area contributed by atoms with Crippen LogP contribution in [0.4, 0.5) is 0 Å². The van der Waals surface area contributed by atoms with Crippen LogP contribution in [0.15, 0.2) is 54.6 Å². The molecule has 0 radical (unpaired) electrons. The van der Waals surface area contributed by atoms with E-state index in [1.807, 2.05) is 24.8 Å². The molecule has 30 heavy (non-hydrogen) atoms. The van der Waals surface area contributed by atoms with E-state index in [0.717, 1.165) is 50.2 Å². The summed E-state index contributed by atoms with van der Waals surface area (Å²) in [6.07, 6.45) is 15.5. The highest BCUT2D eigenvalue weighted by molar-refractivity contribution is 5.25. The lowest BCUT2D eigenvalue weighted by molar-refractivity contribution is 0.112. The molecule has 3 aromatic heterocycles. The van der Waals surface area contributed by atoms with Crippen LogP contribution in [-0.4, -0.2) is 53.4 Å². The Morgan fingerprint density at radius 2 is 1.33 bits per heavy atom. The molecule has 0 aromatic carbocycles. The Balaban J connectivity index is 2.05. The number of nitrogens with zero attached hydrogens (tertiary/aromatic N) is 8. The Bertz CT molecular complexity index is 874. The molecule has 8 heteroatoms. The zero-order valence-corrected chi connectivity index (χ0v) is 18.4. The fraction of sp³-hybridized carbons (Fsp3) is 0.455. The number of aryl methyl sites for hydroxylation is 3. The molecule has 3 aromatic rings. The van der Waals surface area contributed by atoms with E-state index in [2.05, 4.69) is 91.5 Å². The molecule has 3 rings (SSSR count). The van der Waals surface area contributed by atoms with Gasteiger partial charge in [0.2, 0.25) is 0 Å². The summed E-state index contributed by atoms with van der Waals surface area (Å²) in [7, 11) is 0. The average molecular weight is 409 g/mol. The van der Waals surface area contributed by atoms with Crippen LogP contribution in [-0.2, 0) is 19.6 Å². The van der Waals surface area contributed by atoms with E-state index in [1.54, 1.807) is 6.20 Å². The Kier molecular flexibility index (Phi) is 6.87. The Morgan fingerprint density at radius 3 is 1.63 bits per heavy atom. The average Bonchev–Trinajstić information content (AvgIpc) is 3.43. The zero-order chi connectivity index (χ0) is 21.6. The molecular weight excluding hydrogens is 376 g/mol. The van der Waals surface area contributed by atoms with Gasteiger partial charge in [0.15, 0.2) is 0 Å². The van der Waals surface area contributed by atoms with E-state index in [9.17, 15) is 0 Å². The van der Waals surface area contributed by atoms with Crippen molar-refractivity contribution in [1.29, 1.82) is 0 Å². The summed E-state index contributed by atoms with van der Waals surface area (Å²) in [6, 6.07) is 0. The van der Waals surface area contributed by atoms with Crippen molar-refractivity contribution < 1.29 is 0 Å². The van der Waals surface area contributed by atoms with Gasteiger partial charge in [-0.1, -0.05) is 0 Å². The standard InChI is InChI=1S/C22H32N8/c1-6-27(11-7-23-5)15-22(16-28-12-8-24-19(28)2,17-29-13-9-25-20(29)3)18-30-14-10-26-21(30)4/h7-14H,5-6,15-18H2,1-4H3/b11-7-. The summed E-state index contributed by atoms with van der Waals surface area (Å²) in [4.78, 5) is 19.6. The molecule has 0 aliphatic carbocycles. The molecule has 0 atom stereocenters. The van der Waals surface area contributed by atoms with Gasteiger partial charge in [-0.25, -0.2) is 15.0 Å². The third kappa shape index (κ3) is 5.06. The van der Waals surface area contributed by atoms with E-state index < -0.39 is 0 Å². The first-order chi connectivity index (χ1) is 14.5. The van der Waals surface area contributed by atoms with E-state index in [4.69, 9.17) is 0 Å². The SMILES string of the molecule is C=N/C=C\N(CC)CC(Cn1ccnc1C)(Cn1ccnc1C)Cn1ccnc1C. The van der Waals surface area contributed by atoms with Crippen molar-refractivity contribution in [3.63, 3.8) is 0 Å². The molecule has 0 bridgehead atoms. The third-order valence-electron chi connectivity index (χ3n) is 5.62. The number of rotatable bonds is 11. The number of hydrogen-bond acceptors (Lipinski definition) is 5. The lowest BCUT2D eigenvalue weighted by Gasteiger charge is -2.39. The molecule has 0 unspecified atom stereocenters. The molecule has 160 valence electrons. The van der Waals surface area contributed by atoms with E-state index in [1.165, 1.54) is 0 Å². The van der Waals surface area contributed by atoms with Crippen LogP contribution < -0.4 is 0 Å². The maximum Gasteiger partial charge on any atom is 0.105 e. The molecule has 0 amide bonds. The van der Waals surface area contributed by atoms with Gasteiger partial charge in [-0.3, -0.25) is 4.99 Å². The molecular formula is C22H32N8. The predicted octanol–water partition coefficient (Wildman–Crippen LogP) is 3.08. The summed E-state index contributed by atoms with van der Waals surface area (Å²) >= 11 is 0. The van der Waals surface area contributed by atoms with Crippen LogP contribution in [0.1, 0.15) is 24.4 Å². The second-order valence-corrected chi connectivity index (χ2v) is 7.85. The number of aromatic nitrogens is 6. The van der Waals surface area contributed by atoms with Gasteiger partial charge in [-0.05, 0) is 34.4 Å². The van der Waals surface area contributed by atoms with Crippen molar-refractivity contribution in [2.45, 2.75) is 47.3 Å². The van der Waals surface area contributed by atoms with Crippen LogP contribution in [0, 0.1) is 26.2 Å². The van der Waals surface area contributed by atoms with E-state index >= 15 is 0 Å². The maximum atomic E-state index is 4.45. The van der Waals surface area contributed by atoms with Crippen molar-refractivity contribution in [1.82, 2.24) is 33.6 Å². The van der Waals surface area contributed by atoms with Crippen LogP contribution >= 0.6 is 0 Å². The molecule has 0 saturated carbocycles. The third-order valence-corrected chi connectivity index (χ3v) is 5.62. The topological polar surface area (TPSA) is 69.1 Å². The first-order valence-electron chi connectivity index (χ1n) is 10.3. The van der Waals surface area contributed by atoms with Crippen molar-refractivity contribution in [2.24, 2.45) is 10.4 Å². The molecule has 0 fully saturated rings. The minimum Gasteiger partial charge on any atom is -0.376 e. The quantitative estimate of drug-likeness (QED) is 0.457. The Labute approximate surface area is 178 Å². The van der Waals surface area contributed by atoms with E-state index in [-0.39, 0.29) is 5.41 Å². The monoisotopic (exact) mass is 408 g/mol. The lowest BCUT2D eigenvalue weighted by Crippen LogP contribution is -2.45. The predicted molar refractivity (Wildman–Crippen MR) is 119 cm³/mol. The van der Waals surface area contributed by atoms with Gasteiger partial charge in [0, 0.05) is 87.7 Å². The Morgan fingerprint density at radius 1 is 0.900 bits per heavy atom. The second-order valence-electron chi connectivity index (χ2n) is 7.85. The Hall–Kier alpha value is -3.16. The van der Waals surface area contributed by atoms with Gasteiger partial charge in [-0.2, -0.15) is 0 Å². The van der Waals surface area contributed by atoms with Gasteiger partial charge in [-0.15, -0.1) is 0 Å². The first kappa shape index (κ1) is 21.5. The number of hydrogen-bond donors (Lipinski definition) is 0. The van der Waals surface area contributed by atoms with Crippen molar-refractivity contribution in [3.05, 3.63) is 67.1 Å². The zero-order valence-electron chi connectivity index (χ0n) is 18.4. The molecule has 8 nitrogen and oxygen atoms in total. The largest absolute Gasteiger partial charge is 0.376 e. The number of imidazole rings is 3. The smallest absolute Gasteiger partial charge is 0.105 e. The fourth-order valence-corrected chi connectivity index (χ4v) is 3.94. The van der Waals surface area contributed by atoms with E-state index in [0.29, 0.717) is 0 Å². The summed E-state index contributed by atoms with van der Waals surface area (Å²) in [5.41, 5.74) is -0.149. The highest BCUT2D eigenvalue weighted by Gasteiger charge is 2.35. The van der Waals surface area contributed by atoms with Gasteiger partial charge >= 0.3 is 0 Å². The van der Waals surface area contributed by atoms with Crippen molar-refractivity contribution >= 4 is 6.72 Å². The fourth-order valence-electron chi connectivity index (χ4n) is 3.94. The van der Waals surface area contributed by atoms with Crippen molar-refractivity contribution in [3.8, 4) is 0 Å². The van der Waals surface area contributed by atoms with Gasteiger partial charge in [0.1, 0.15) is 17.5 Å². The van der Waals surface area contributed by atoms with Crippen LogP contribution in [0.3, 0.4) is 0 Å². The lowest BCUT2D eigenvalue weighted by atomic mass is 9.85. The molecule has 0 aliphatic heterocycles. The number of aliphatic imine (C=N–C) groups is 1. The van der Waals surface area contributed by atoms with Crippen LogP contribution in [0.25, 0.3) is 0 Å². The second kappa shape index (κ2) is 9.56. The first-order valence-corrected chi connectivity index (χ1v) is 10.3. The van der Waals surface area contributed by atoms with Gasteiger partial charge < -0.3 is 18.6 Å². The maximum absolute atomic E-state index is 4.45. The van der Waals surface area contributed by atoms with Crippen LogP contribution in [0.5, 0.6) is 0 Å². The molecule has 3 heterocycles. The summed E-state index contributed by atoms with van der Waals surface area (Å²) in [5.74, 6) is 3.03. The minimum absolute atomic E-state index is 0.149. The molecule has 0 N–H and O–H groups in total. The highest BCUT2D eigenvalue weighted by Crippen LogP contribution is 2.29. The highest BCUT2D eigenvalue weighted by atomic mass is 15.2.